The Morgan fingerprint density at radius 3 is 2.24 bits per heavy atom. The molecule has 0 aliphatic rings. The zero-order chi connectivity index (χ0) is 21.9. The summed E-state index contributed by atoms with van der Waals surface area (Å²) < 4.78 is 63.0. The van der Waals surface area contributed by atoms with Gasteiger partial charge in [-0.1, -0.05) is 32.4 Å². The number of nitrogens with zero attached hydrogens (tertiary/aromatic N) is 2. The van der Waals surface area contributed by atoms with Crippen LogP contribution in [0.3, 0.4) is 0 Å². The number of amides is 1. The first-order valence-corrected chi connectivity index (χ1v) is 9.40. The molecule has 0 saturated heterocycles. The molecule has 5 nitrogen and oxygen atoms in total. The quantitative estimate of drug-likeness (QED) is 0.502. The second-order valence-corrected chi connectivity index (χ2v) is 7.28. The van der Waals surface area contributed by atoms with E-state index in [9.17, 15) is 22.4 Å². The van der Waals surface area contributed by atoms with E-state index in [-0.39, 0.29) is 18.9 Å². The van der Waals surface area contributed by atoms with Crippen molar-refractivity contribution in [1.82, 2.24) is 15.1 Å². The molecular formula is C19H22ClF4N3O2. The summed E-state index contributed by atoms with van der Waals surface area (Å²) in [5.74, 6) is -8.38. The summed E-state index contributed by atoms with van der Waals surface area (Å²) in [6.07, 6.45) is 0.348. The molecule has 0 aliphatic carbocycles. The monoisotopic (exact) mass is 435 g/mol. The number of nitrogens with one attached hydrogen (secondary N) is 1. The number of hydrogen-bond donors (Lipinski definition) is 1. The van der Waals surface area contributed by atoms with Crippen LogP contribution in [-0.4, -0.2) is 22.3 Å². The second-order valence-electron chi connectivity index (χ2n) is 6.91. The van der Waals surface area contributed by atoms with E-state index in [1.165, 1.54) is 4.68 Å². The SMILES string of the molecule is CCc1nn(C)c(CC(=O)NCc2c(F)c(F)c(OCC(C)C)c(F)c2F)c1Cl. The molecule has 0 atom stereocenters. The van der Waals surface area contributed by atoms with Gasteiger partial charge in [-0.25, -0.2) is 8.78 Å². The average molecular weight is 436 g/mol. The van der Waals surface area contributed by atoms with E-state index >= 15 is 0 Å². The number of aryl methyl sites for hydroxylation is 2. The molecule has 1 heterocycles. The third-order valence-electron chi connectivity index (χ3n) is 4.17. The zero-order valence-corrected chi connectivity index (χ0v) is 17.3. The standard InChI is InChI=1S/C19H22ClF4N3O2/c1-5-11-14(20)12(27(4)26-11)6-13(28)25-7-10-15(21)17(23)19(18(24)16(10)22)29-8-9(2)3/h9H,5-8H2,1-4H3,(H,25,28). The highest BCUT2D eigenvalue weighted by atomic mass is 35.5. The van der Waals surface area contributed by atoms with Crippen LogP contribution in [0.1, 0.15) is 37.7 Å². The van der Waals surface area contributed by atoms with Gasteiger partial charge in [0.25, 0.3) is 0 Å². The van der Waals surface area contributed by atoms with Gasteiger partial charge in [-0.05, 0) is 12.3 Å². The first-order valence-electron chi connectivity index (χ1n) is 9.02. The maximum Gasteiger partial charge on any atom is 0.226 e. The van der Waals surface area contributed by atoms with Crippen LogP contribution in [0.2, 0.25) is 5.02 Å². The van der Waals surface area contributed by atoms with Crippen molar-refractivity contribution in [3.63, 3.8) is 0 Å². The molecule has 0 bridgehead atoms. The van der Waals surface area contributed by atoms with Crippen molar-refractivity contribution in [3.8, 4) is 5.75 Å². The van der Waals surface area contributed by atoms with Gasteiger partial charge in [0, 0.05) is 19.2 Å². The van der Waals surface area contributed by atoms with Crippen LogP contribution in [0, 0.1) is 29.2 Å². The number of benzene rings is 1. The summed E-state index contributed by atoms with van der Waals surface area (Å²) in [4.78, 5) is 12.2. The average Bonchev–Trinajstić information content (AvgIpc) is 2.93. The van der Waals surface area contributed by atoms with Gasteiger partial charge >= 0.3 is 0 Å². The van der Waals surface area contributed by atoms with Gasteiger partial charge < -0.3 is 10.1 Å². The molecule has 0 unspecified atom stereocenters. The van der Waals surface area contributed by atoms with Crippen molar-refractivity contribution >= 4 is 17.5 Å². The molecule has 0 fully saturated rings. The molecule has 1 aromatic carbocycles. The predicted octanol–water partition coefficient (Wildman–Crippen LogP) is 4.09. The summed E-state index contributed by atoms with van der Waals surface area (Å²) >= 11 is 6.16. The number of aromatic nitrogens is 2. The molecular weight excluding hydrogens is 414 g/mol. The van der Waals surface area contributed by atoms with E-state index in [2.05, 4.69) is 10.4 Å². The Labute approximate surface area is 171 Å². The van der Waals surface area contributed by atoms with Crippen LogP contribution in [0.15, 0.2) is 0 Å². The Morgan fingerprint density at radius 2 is 1.76 bits per heavy atom. The van der Waals surface area contributed by atoms with E-state index < -0.39 is 47.0 Å². The smallest absolute Gasteiger partial charge is 0.226 e. The van der Waals surface area contributed by atoms with E-state index in [0.29, 0.717) is 22.8 Å². The van der Waals surface area contributed by atoms with Crippen molar-refractivity contribution < 1.29 is 27.1 Å². The van der Waals surface area contributed by atoms with Crippen LogP contribution in [0.25, 0.3) is 0 Å². The van der Waals surface area contributed by atoms with Crippen LogP contribution in [0.5, 0.6) is 5.75 Å². The Kier molecular flexibility index (Phi) is 7.51. The van der Waals surface area contributed by atoms with Gasteiger partial charge in [-0.15, -0.1) is 0 Å². The molecule has 0 saturated carbocycles. The first-order chi connectivity index (χ1) is 13.6. The fourth-order valence-electron chi connectivity index (χ4n) is 2.60. The molecule has 1 N–H and O–H groups in total. The van der Waals surface area contributed by atoms with E-state index in [4.69, 9.17) is 16.3 Å². The fraction of sp³-hybridized carbons (Fsp3) is 0.474. The normalized spacial score (nSPS) is 11.2. The zero-order valence-electron chi connectivity index (χ0n) is 16.5. The van der Waals surface area contributed by atoms with Gasteiger partial charge in [0.15, 0.2) is 17.4 Å². The van der Waals surface area contributed by atoms with Crippen LogP contribution in [-0.2, 0) is 31.2 Å². The molecule has 1 aromatic heterocycles. The molecule has 10 heteroatoms. The Balaban J connectivity index is 2.16. The number of carbonyl (C=O) groups excluding carboxylic acids is 1. The van der Waals surface area contributed by atoms with E-state index in [1.807, 2.05) is 6.92 Å². The van der Waals surface area contributed by atoms with Crippen molar-refractivity contribution in [2.24, 2.45) is 13.0 Å². The molecule has 2 aromatic rings. The summed E-state index contributed by atoms with van der Waals surface area (Å²) in [7, 11) is 1.60. The summed E-state index contributed by atoms with van der Waals surface area (Å²) in [5, 5.41) is 6.73. The number of hydrogen-bond acceptors (Lipinski definition) is 3. The first kappa shape index (κ1) is 23.0. The van der Waals surface area contributed by atoms with Crippen molar-refractivity contribution in [2.45, 2.75) is 40.2 Å². The number of rotatable bonds is 8. The minimum Gasteiger partial charge on any atom is -0.487 e. The number of ether oxygens (including phenoxy) is 1. The summed E-state index contributed by atoms with van der Waals surface area (Å²) in [6, 6.07) is 0. The van der Waals surface area contributed by atoms with Crippen molar-refractivity contribution in [1.29, 1.82) is 0 Å². The highest BCUT2D eigenvalue weighted by molar-refractivity contribution is 6.32. The van der Waals surface area contributed by atoms with Gasteiger partial charge in [0.1, 0.15) is 0 Å². The van der Waals surface area contributed by atoms with Gasteiger partial charge in [-0.2, -0.15) is 13.9 Å². The highest BCUT2D eigenvalue weighted by Gasteiger charge is 2.27. The predicted molar refractivity (Wildman–Crippen MR) is 99.8 cm³/mol. The second kappa shape index (κ2) is 9.47. The maximum absolute atomic E-state index is 14.2. The van der Waals surface area contributed by atoms with Crippen molar-refractivity contribution in [2.75, 3.05) is 6.61 Å². The summed E-state index contributed by atoms with van der Waals surface area (Å²) in [5.41, 5.74) is 0.0857. The van der Waals surface area contributed by atoms with Crippen LogP contribution >= 0.6 is 11.6 Å². The largest absolute Gasteiger partial charge is 0.487 e. The third kappa shape index (κ3) is 5.01. The van der Waals surface area contributed by atoms with Crippen molar-refractivity contribution in [3.05, 3.63) is 45.2 Å². The Hall–Kier alpha value is -2.29. The lowest BCUT2D eigenvalue weighted by Gasteiger charge is -2.14. The maximum atomic E-state index is 14.2. The highest BCUT2D eigenvalue weighted by Crippen LogP contribution is 2.30. The van der Waals surface area contributed by atoms with Gasteiger partial charge in [0.05, 0.1) is 29.4 Å². The molecule has 29 heavy (non-hydrogen) atoms. The molecule has 0 spiro atoms. The minimum absolute atomic E-state index is 0.106. The topological polar surface area (TPSA) is 56.2 Å². The van der Waals surface area contributed by atoms with Gasteiger partial charge in [0.2, 0.25) is 17.5 Å². The Bertz CT molecular complexity index is 887. The Morgan fingerprint density at radius 1 is 1.17 bits per heavy atom. The lowest BCUT2D eigenvalue weighted by Crippen LogP contribution is -2.27. The van der Waals surface area contributed by atoms with Gasteiger partial charge in [-0.3, -0.25) is 9.48 Å². The van der Waals surface area contributed by atoms with E-state index in [0.717, 1.165) is 0 Å². The molecule has 2 rings (SSSR count). The lowest BCUT2D eigenvalue weighted by molar-refractivity contribution is -0.120. The van der Waals surface area contributed by atoms with Crippen LogP contribution < -0.4 is 10.1 Å². The van der Waals surface area contributed by atoms with E-state index in [1.54, 1.807) is 20.9 Å². The molecule has 0 aliphatic heterocycles. The number of halogens is 5. The third-order valence-corrected chi connectivity index (χ3v) is 4.60. The van der Waals surface area contributed by atoms with Crippen LogP contribution in [0.4, 0.5) is 17.6 Å². The molecule has 160 valence electrons. The summed E-state index contributed by atoms with van der Waals surface area (Å²) in [6.45, 7) is 4.41. The lowest BCUT2D eigenvalue weighted by atomic mass is 10.1. The number of carbonyl (C=O) groups is 1. The minimum atomic E-state index is -1.64. The molecule has 0 radical (unpaired) electrons. The molecule has 1 amide bonds. The fourth-order valence-corrected chi connectivity index (χ4v) is 2.96.